The molecule has 0 saturated carbocycles. The zero-order valence-electron chi connectivity index (χ0n) is 8.63. The summed E-state index contributed by atoms with van der Waals surface area (Å²) < 4.78 is 0. The minimum atomic E-state index is 0.0476. The smallest absolute Gasteiger partial charge is 0.222 e. The van der Waals surface area contributed by atoms with Gasteiger partial charge in [0.1, 0.15) is 0 Å². The Morgan fingerprint density at radius 1 is 1.42 bits per heavy atom. The number of carbonyl (C=O) groups is 1. The third kappa shape index (κ3) is 7.54. The van der Waals surface area contributed by atoms with E-state index in [0.29, 0.717) is 13.0 Å². The van der Waals surface area contributed by atoms with Crippen molar-refractivity contribution in [3.05, 3.63) is 0 Å². The van der Waals surface area contributed by atoms with Gasteiger partial charge < -0.3 is 10.0 Å². The summed E-state index contributed by atoms with van der Waals surface area (Å²) >= 11 is 0. The average Bonchev–Trinajstić information content (AvgIpc) is 2.09. The zero-order valence-corrected chi connectivity index (χ0v) is 8.63. The molecule has 0 heterocycles. The number of amides is 1. The molecular formula is C9H21NO2. The van der Waals surface area contributed by atoms with E-state index in [2.05, 4.69) is 0 Å². The predicted molar refractivity (Wildman–Crippen MR) is 51.0 cm³/mol. The van der Waals surface area contributed by atoms with Gasteiger partial charge in [-0.3, -0.25) is 4.79 Å². The molecule has 0 aliphatic carbocycles. The van der Waals surface area contributed by atoms with Crippen molar-refractivity contribution in [2.45, 2.75) is 33.6 Å². The summed E-state index contributed by atoms with van der Waals surface area (Å²) in [6.45, 7) is 6.45. The van der Waals surface area contributed by atoms with Crippen molar-refractivity contribution in [1.82, 2.24) is 4.90 Å². The van der Waals surface area contributed by atoms with Gasteiger partial charge in [-0.2, -0.15) is 0 Å². The Morgan fingerprint density at radius 3 is 2.25 bits per heavy atom. The van der Waals surface area contributed by atoms with E-state index in [1.165, 1.54) is 0 Å². The van der Waals surface area contributed by atoms with Gasteiger partial charge in [0.05, 0.1) is 6.61 Å². The summed E-state index contributed by atoms with van der Waals surface area (Å²) in [5, 5.41) is 8.46. The van der Waals surface area contributed by atoms with Gasteiger partial charge in [0.25, 0.3) is 0 Å². The topological polar surface area (TPSA) is 40.5 Å². The number of nitrogens with zero attached hydrogens (tertiary/aromatic N) is 1. The molecule has 0 saturated heterocycles. The minimum Gasteiger partial charge on any atom is -0.395 e. The standard InChI is InChI=1S/C7H15NO2.C2H6/c1-3-4-7(10)8(2)5-6-9;1-2/h9H,3-6H2,1-2H3;1-2H3. The molecule has 0 rings (SSSR count). The Labute approximate surface area is 75.4 Å². The summed E-state index contributed by atoms with van der Waals surface area (Å²) in [4.78, 5) is 12.5. The lowest BCUT2D eigenvalue weighted by Gasteiger charge is -2.14. The van der Waals surface area contributed by atoms with E-state index < -0.39 is 0 Å². The largest absolute Gasteiger partial charge is 0.395 e. The van der Waals surface area contributed by atoms with E-state index in [4.69, 9.17) is 5.11 Å². The van der Waals surface area contributed by atoms with Crippen LogP contribution in [0.3, 0.4) is 0 Å². The van der Waals surface area contributed by atoms with Crippen LogP contribution in [-0.4, -0.2) is 36.1 Å². The van der Waals surface area contributed by atoms with E-state index in [1.54, 1.807) is 11.9 Å². The molecule has 0 aliphatic heterocycles. The molecule has 0 radical (unpaired) electrons. The quantitative estimate of drug-likeness (QED) is 0.699. The van der Waals surface area contributed by atoms with Gasteiger partial charge in [-0.15, -0.1) is 0 Å². The third-order valence-electron chi connectivity index (χ3n) is 1.33. The SMILES string of the molecule is CC.CCCC(=O)N(C)CCO. The van der Waals surface area contributed by atoms with Crippen molar-refractivity contribution >= 4 is 5.91 Å². The summed E-state index contributed by atoms with van der Waals surface area (Å²) in [7, 11) is 1.70. The molecule has 1 amide bonds. The number of aliphatic hydroxyl groups is 1. The van der Waals surface area contributed by atoms with Gasteiger partial charge in [-0.1, -0.05) is 20.8 Å². The number of hydrogen-bond donors (Lipinski definition) is 1. The first kappa shape index (κ1) is 14.0. The van der Waals surface area contributed by atoms with Gasteiger partial charge in [-0.25, -0.2) is 0 Å². The van der Waals surface area contributed by atoms with Gasteiger partial charge in [0.2, 0.25) is 5.91 Å². The second-order valence-corrected chi connectivity index (χ2v) is 2.29. The van der Waals surface area contributed by atoms with Crippen molar-refractivity contribution in [2.24, 2.45) is 0 Å². The van der Waals surface area contributed by atoms with Crippen molar-refractivity contribution < 1.29 is 9.90 Å². The maximum Gasteiger partial charge on any atom is 0.222 e. The fourth-order valence-corrected chi connectivity index (χ4v) is 0.679. The van der Waals surface area contributed by atoms with Crippen LogP contribution in [0.15, 0.2) is 0 Å². The summed E-state index contributed by atoms with van der Waals surface area (Å²) in [5.41, 5.74) is 0. The normalized spacial score (nSPS) is 8.42. The number of aliphatic hydroxyl groups excluding tert-OH is 1. The Hall–Kier alpha value is -0.570. The first-order valence-corrected chi connectivity index (χ1v) is 4.57. The van der Waals surface area contributed by atoms with Gasteiger partial charge in [0, 0.05) is 20.0 Å². The fraction of sp³-hybridized carbons (Fsp3) is 0.889. The monoisotopic (exact) mass is 175 g/mol. The molecule has 74 valence electrons. The molecule has 0 aromatic carbocycles. The lowest BCUT2D eigenvalue weighted by atomic mass is 10.3. The molecular weight excluding hydrogens is 154 g/mol. The molecule has 3 heteroatoms. The highest BCUT2D eigenvalue weighted by molar-refractivity contribution is 5.75. The summed E-state index contributed by atoms with van der Waals surface area (Å²) in [5.74, 6) is 0.108. The fourth-order valence-electron chi connectivity index (χ4n) is 0.679. The van der Waals surface area contributed by atoms with Crippen LogP contribution in [0.5, 0.6) is 0 Å². The van der Waals surface area contributed by atoms with Crippen LogP contribution < -0.4 is 0 Å². The van der Waals surface area contributed by atoms with Crippen LogP contribution in [-0.2, 0) is 4.79 Å². The molecule has 0 spiro atoms. The highest BCUT2D eigenvalue weighted by Gasteiger charge is 2.04. The van der Waals surface area contributed by atoms with E-state index in [-0.39, 0.29) is 12.5 Å². The third-order valence-corrected chi connectivity index (χ3v) is 1.33. The second kappa shape index (κ2) is 10.4. The summed E-state index contributed by atoms with van der Waals surface area (Å²) in [6.07, 6.45) is 1.45. The number of hydrogen-bond acceptors (Lipinski definition) is 2. The number of carbonyl (C=O) groups excluding carboxylic acids is 1. The summed E-state index contributed by atoms with van der Waals surface area (Å²) in [6, 6.07) is 0. The lowest BCUT2D eigenvalue weighted by molar-refractivity contribution is -0.130. The number of likely N-dealkylation sites (N-methyl/N-ethyl adjacent to an activating group) is 1. The highest BCUT2D eigenvalue weighted by atomic mass is 16.3. The van der Waals surface area contributed by atoms with Crippen LogP contribution >= 0.6 is 0 Å². The Morgan fingerprint density at radius 2 is 1.92 bits per heavy atom. The highest BCUT2D eigenvalue weighted by Crippen LogP contribution is 1.92. The van der Waals surface area contributed by atoms with E-state index in [9.17, 15) is 4.79 Å². The second-order valence-electron chi connectivity index (χ2n) is 2.29. The molecule has 12 heavy (non-hydrogen) atoms. The van der Waals surface area contributed by atoms with Crippen LogP contribution in [0.4, 0.5) is 0 Å². The van der Waals surface area contributed by atoms with Crippen LogP contribution in [0.25, 0.3) is 0 Å². The molecule has 0 fully saturated rings. The molecule has 0 aliphatic rings. The van der Waals surface area contributed by atoms with Crippen molar-refractivity contribution in [2.75, 3.05) is 20.2 Å². The molecule has 0 aromatic rings. The van der Waals surface area contributed by atoms with Gasteiger partial charge in [-0.05, 0) is 6.42 Å². The lowest BCUT2D eigenvalue weighted by Crippen LogP contribution is -2.28. The first-order valence-electron chi connectivity index (χ1n) is 4.57. The Balaban J connectivity index is 0. The predicted octanol–water partition coefficient (Wildman–Crippen LogP) is 1.26. The van der Waals surface area contributed by atoms with E-state index in [1.807, 2.05) is 20.8 Å². The van der Waals surface area contributed by atoms with Crippen LogP contribution in [0.1, 0.15) is 33.6 Å². The van der Waals surface area contributed by atoms with Crippen molar-refractivity contribution in [3.63, 3.8) is 0 Å². The van der Waals surface area contributed by atoms with Crippen LogP contribution in [0.2, 0.25) is 0 Å². The molecule has 0 aromatic heterocycles. The molecule has 3 nitrogen and oxygen atoms in total. The average molecular weight is 175 g/mol. The molecule has 1 N–H and O–H groups in total. The maximum atomic E-state index is 10.9. The molecule has 0 atom stereocenters. The van der Waals surface area contributed by atoms with Crippen LogP contribution in [0, 0.1) is 0 Å². The number of rotatable bonds is 4. The van der Waals surface area contributed by atoms with Crippen molar-refractivity contribution in [3.8, 4) is 0 Å². The first-order chi connectivity index (χ1) is 5.72. The Bertz CT molecular complexity index is 105. The van der Waals surface area contributed by atoms with E-state index in [0.717, 1.165) is 6.42 Å². The van der Waals surface area contributed by atoms with Crippen molar-refractivity contribution in [1.29, 1.82) is 0 Å². The maximum absolute atomic E-state index is 10.9. The Kier molecular flexibility index (Phi) is 12.2. The zero-order chi connectivity index (χ0) is 9.98. The van der Waals surface area contributed by atoms with Gasteiger partial charge in [0.15, 0.2) is 0 Å². The minimum absolute atomic E-state index is 0.0476. The van der Waals surface area contributed by atoms with E-state index >= 15 is 0 Å². The molecule has 0 bridgehead atoms. The van der Waals surface area contributed by atoms with Gasteiger partial charge >= 0.3 is 0 Å². The molecule has 0 unspecified atom stereocenters.